The van der Waals surface area contributed by atoms with Gasteiger partial charge in [0.15, 0.2) is 0 Å². The summed E-state index contributed by atoms with van der Waals surface area (Å²) in [5.41, 5.74) is 5.77. The zero-order chi connectivity index (χ0) is 13.4. The van der Waals surface area contributed by atoms with Crippen LogP contribution in [0.1, 0.15) is 37.7 Å². The molecule has 2 nitrogen and oxygen atoms in total. The van der Waals surface area contributed by atoms with Crippen molar-refractivity contribution in [3.05, 3.63) is 35.4 Å². The van der Waals surface area contributed by atoms with Crippen molar-refractivity contribution < 1.29 is 13.6 Å². The zero-order valence-corrected chi connectivity index (χ0v) is 10.4. The first-order valence-corrected chi connectivity index (χ1v) is 6.28. The first kappa shape index (κ1) is 14.8. The Bertz CT molecular complexity index is 373. The van der Waals surface area contributed by atoms with Gasteiger partial charge in [-0.3, -0.25) is 4.79 Å². The Kier molecular flexibility index (Phi) is 6.50. The fourth-order valence-corrected chi connectivity index (χ4v) is 1.85. The van der Waals surface area contributed by atoms with Crippen molar-refractivity contribution >= 4 is 5.78 Å². The molecule has 0 atom stereocenters. The van der Waals surface area contributed by atoms with Gasteiger partial charge in [-0.25, -0.2) is 8.78 Å². The highest BCUT2D eigenvalue weighted by Crippen LogP contribution is 2.11. The van der Waals surface area contributed by atoms with Gasteiger partial charge in [-0.1, -0.05) is 12.8 Å². The van der Waals surface area contributed by atoms with Crippen LogP contribution in [0.15, 0.2) is 18.2 Å². The minimum Gasteiger partial charge on any atom is -0.330 e. The van der Waals surface area contributed by atoms with Gasteiger partial charge in [-0.15, -0.1) is 0 Å². The van der Waals surface area contributed by atoms with E-state index in [9.17, 15) is 13.6 Å². The molecule has 0 amide bonds. The highest BCUT2D eigenvalue weighted by atomic mass is 19.1. The van der Waals surface area contributed by atoms with Gasteiger partial charge in [0.25, 0.3) is 0 Å². The monoisotopic (exact) mass is 255 g/mol. The van der Waals surface area contributed by atoms with Crippen molar-refractivity contribution in [3.63, 3.8) is 0 Å². The first-order valence-electron chi connectivity index (χ1n) is 6.28. The number of Topliss-reactive ketones (excluding diaryl/α,β-unsaturated/α-hetero) is 1. The number of halogens is 2. The highest BCUT2D eigenvalue weighted by molar-refractivity contribution is 5.80. The third-order valence-corrected chi connectivity index (χ3v) is 2.73. The van der Waals surface area contributed by atoms with E-state index in [1.807, 2.05) is 0 Å². The smallest absolute Gasteiger partial charge is 0.137 e. The lowest BCUT2D eigenvalue weighted by molar-refractivity contribution is -0.118. The lowest BCUT2D eigenvalue weighted by Crippen LogP contribution is -2.04. The number of carbonyl (C=O) groups is 1. The second kappa shape index (κ2) is 7.93. The number of unbranched alkanes of at least 4 members (excludes halogenated alkanes) is 3. The Hall–Kier alpha value is -1.29. The Balaban J connectivity index is 2.31. The van der Waals surface area contributed by atoms with Crippen molar-refractivity contribution in [3.8, 4) is 0 Å². The minimum absolute atomic E-state index is 0.0211. The first-order chi connectivity index (χ1) is 8.61. The topological polar surface area (TPSA) is 43.1 Å². The van der Waals surface area contributed by atoms with Gasteiger partial charge in [-0.05, 0) is 37.1 Å². The average molecular weight is 255 g/mol. The van der Waals surface area contributed by atoms with Gasteiger partial charge >= 0.3 is 0 Å². The molecule has 0 unspecified atom stereocenters. The Morgan fingerprint density at radius 3 is 2.22 bits per heavy atom. The van der Waals surface area contributed by atoms with Crippen LogP contribution < -0.4 is 5.73 Å². The summed E-state index contributed by atoms with van der Waals surface area (Å²) in [5.74, 6) is -1.26. The van der Waals surface area contributed by atoms with Crippen molar-refractivity contribution in [2.75, 3.05) is 6.54 Å². The fraction of sp³-hybridized carbons (Fsp3) is 0.500. The molecule has 0 saturated carbocycles. The molecule has 0 bridgehead atoms. The number of hydrogen-bond acceptors (Lipinski definition) is 2. The normalized spacial score (nSPS) is 10.6. The Morgan fingerprint density at radius 2 is 1.61 bits per heavy atom. The third kappa shape index (κ3) is 5.87. The lowest BCUT2D eigenvalue weighted by atomic mass is 10.0. The fourth-order valence-electron chi connectivity index (χ4n) is 1.85. The molecule has 0 aliphatic heterocycles. The van der Waals surface area contributed by atoms with E-state index in [0.717, 1.165) is 31.7 Å². The maximum atomic E-state index is 12.9. The van der Waals surface area contributed by atoms with Crippen LogP contribution in [0.25, 0.3) is 0 Å². The molecular formula is C14H19F2NO. The van der Waals surface area contributed by atoms with Gasteiger partial charge in [0, 0.05) is 18.9 Å². The summed E-state index contributed by atoms with van der Waals surface area (Å²) in [5, 5.41) is 0. The van der Waals surface area contributed by atoms with Crippen LogP contribution in [-0.2, 0) is 11.2 Å². The SMILES string of the molecule is NCCCCCCC(=O)Cc1cc(F)cc(F)c1. The van der Waals surface area contributed by atoms with E-state index < -0.39 is 11.6 Å². The molecule has 0 fully saturated rings. The van der Waals surface area contributed by atoms with Crippen molar-refractivity contribution in [1.29, 1.82) is 0 Å². The molecular weight excluding hydrogens is 236 g/mol. The van der Waals surface area contributed by atoms with Crippen LogP contribution in [0.4, 0.5) is 8.78 Å². The molecule has 0 spiro atoms. The molecule has 4 heteroatoms. The summed E-state index contributed by atoms with van der Waals surface area (Å²) in [6.45, 7) is 0.677. The summed E-state index contributed by atoms with van der Waals surface area (Å²) in [6.07, 6.45) is 4.35. The molecule has 0 heterocycles. The number of ketones is 1. The maximum absolute atomic E-state index is 12.9. The Morgan fingerprint density at radius 1 is 1.00 bits per heavy atom. The van der Waals surface area contributed by atoms with Gasteiger partial charge in [0.2, 0.25) is 0 Å². The van der Waals surface area contributed by atoms with Crippen molar-refractivity contribution in [1.82, 2.24) is 0 Å². The molecule has 100 valence electrons. The van der Waals surface area contributed by atoms with Gasteiger partial charge in [0.05, 0.1) is 0 Å². The molecule has 1 aromatic rings. The summed E-state index contributed by atoms with van der Waals surface area (Å²) in [7, 11) is 0. The predicted octanol–water partition coefficient (Wildman–Crippen LogP) is 2.99. The van der Waals surface area contributed by atoms with E-state index >= 15 is 0 Å². The maximum Gasteiger partial charge on any atom is 0.137 e. The minimum atomic E-state index is -0.638. The molecule has 0 aliphatic carbocycles. The van der Waals surface area contributed by atoms with Crippen molar-refractivity contribution in [2.45, 2.75) is 38.5 Å². The zero-order valence-electron chi connectivity index (χ0n) is 10.4. The average Bonchev–Trinajstić information content (AvgIpc) is 2.27. The lowest BCUT2D eigenvalue weighted by Gasteiger charge is -2.02. The second-order valence-corrected chi connectivity index (χ2v) is 4.45. The van der Waals surface area contributed by atoms with E-state index in [2.05, 4.69) is 0 Å². The van der Waals surface area contributed by atoms with E-state index in [1.54, 1.807) is 0 Å². The molecule has 0 saturated heterocycles. The van der Waals surface area contributed by atoms with E-state index in [-0.39, 0.29) is 12.2 Å². The van der Waals surface area contributed by atoms with E-state index in [4.69, 9.17) is 5.73 Å². The van der Waals surface area contributed by atoms with Gasteiger partial charge in [0.1, 0.15) is 17.4 Å². The number of hydrogen-bond donors (Lipinski definition) is 1. The molecule has 18 heavy (non-hydrogen) atoms. The number of rotatable bonds is 8. The van der Waals surface area contributed by atoms with Gasteiger partial charge < -0.3 is 5.73 Å². The van der Waals surface area contributed by atoms with Crippen LogP contribution in [0, 0.1) is 11.6 Å². The molecule has 0 aliphatic rings. The number of carbonyl (C=O) groups excluding carboxylic acids is 1. The largest absolute Gasteiger partial charge is 0.330 e. The highest BCUT2D eigenvalue weighted by Gasteiger charge is 2.06. The molecule has 1 rings (SSSR count). The van der Waals surface area contributed by atoms with Crippen LogP contribution in [0.2, 0.25) is 0 Å². The third-order valence-electron chi connectivity index (χ3n) is 2.73. The van der Waals surface area contributed by atoms with E-state index in [0.29, 0.717) is 18.5 Å². The summed E-state index contributed by atoms with van der Waals surface area (Å²) < 4.78 is 25.8. The summed E-state index contributed by atoms with van der Waals surface area (Å²) in [6, 6.07) is 3.21. The molecule has 2 N–H and O–H groups in total. The number of nitrogens with two attached hydrogens (primary N) is 1. The molecule has 0 radical (unpaired) electrons. The van der Waals surface area contributed by atoms with E-state index in [1.165, 1.54) is 12.1 Å². The predicted molar refractivity (Wildman–Crippen MR) is 67.2 cm³/mol. The summed E-state index contributed by atoms with van der Waals surface area (Å²) >= 11 is 0. The quantitative estimate of drug-likeness (QED) is 0.726. The van der Waals surface area contributed by atoms with Crippen LogP contribution >= 0.6 is 0 Å². The van der Waals surface area contributed by atoms with Crippen molar-refractivity contribution in [2.24, 2.45) is 5.73 Å². The summed E-state index contributed by atoms with van der Waals surface area (Å²) in [4.78, 5) is 11.6. The van der Waals surface area contributed by atoms with Gasteiger partial charge in [-0.2, -0.15) is 0 Å². The van der Waals surface area contributed by atoms with Crippen LogP contribution in [-0.4, -0.2) is 12.3 Å². The standard InChI is InChI=1S/C14H19F2NO/c15-12-7-11(8-13(16)10-12)9-14(18)5-3-1-2-4-6-17/h7-8,10H,1-6,9,17H2. The second-order valence-electron chi connectivity index (χ2n) is 4.45. The Labute approximate surface area is 106 Å². The van der Waals surface area contributed by atoms with Crippen LogP contribution in [0.5, 0.6) is 0 Å². The van der Waals surface area contributed by atoms with Crippen LogP contribution in [0.3, 0.4) is 0 Å². The number of benzene rings is 1. The molecule has 0 aromatic heterocycles. The molecule has 1 aromatic carbocycles.